The van der Waals surface area contributed by atoms with Crippen LogP contribution in [0.2, 0.25) is 0 Å². The monoisotopic (exact) mass is 277 g/mol. The fraction of sp³-hybridized carbons (Fsp3) is 0.533. The summed E-state index contributed by atoms with van der Waals surface area (Å²) in [5.74, 6) is -0.172. The van der Waals surface area contributed by atoms with Crippen LogP contribution in [0.4, 0.5) is 5.69 Å². The predicted molar refractivity (Wildman–Crippen MR) is 79.8 cm³/mol. The van der Waals surface area contributed by atoms with Crippen LogP contribution >= 0.6 is 0 Å². The van der Waals surface area contributed by atoms with Crippen molar-refractivity contribution < 1.29 is 9.90 Å². The van der Waals surface area contributed by atoms with E-state index in [4.69, 9.17) is 5.73 Å². The summed E-state index contributed by atoms with van der Waals surface area (Å²) in [4.78, 5) is 14.4. The topological polar surface area (TPSA) is 78.6 Å². The Bertz CT molecular complexity index is 456. The molecule has 2 rings (SSSR count). The van der Waals surface area contributed by atoms with Gasteiger partial charge in [0, 0.05) is 12.2 Å². The largest absolute Gasteiger partial charge is 0.508 e. The van der Waals surface area contributed by atoms with Gasteiger partial charge in [-0.3, -0.25) is 4.79 Å². The summed E-state index contributed by atoms with van der Waals surface area (Å²) in [6.07, 6.45) is 4.84. The van der Waals surface area contributed by atoms with Crippen LogP contribution in [0.15, 0.2) is 18.2 Å². The molecule has 4 N–H and O–H groups in total. The average Bonchev–Trinajstić information content (AvgIpc) is 2.47. The minimum absolute atomic E-state index is 0.0534. The highest BCUT2D eigenvalue weighted by atomic mass is 16.3. The molecule has 1 aromatic carbocycles. The van der Waals surface area contributed by atoms with E-state index >= 15 is 0 Å². The summed E-state index contributed by atoms with van der Waals surface area (Å²) in [6.45, 7) is 4.00. The molecular formula is C15H23N3O2. The lowest BCUT2D eigenvalue weighted by Gasteiger charge is -2.26. The van der Waals surface area contributed by atoms with Gasteiger partial charge < -0.3 is 21.1 Å². The lowest BCUT2D eigenvalue weighted by molar-refractivity contribution is 0.0951. The number of hydrogen-bond acceptors (Lipinski definition) is 4. The first-order valence-electron chi connectivity index (χ1n) is 7.26. The van der Waals surface area contributed by atoms with Crippen molar-refractivity contribution in [2.75, 3.05) is 31.9 Å². The SMILES string of the molecule is Nc1ccc(O)cc1C(=O)NCCCN1CCCCC1. The summed E-state index contributed by atoms with van der Waals surface area (Å²) in [5, 5.41) is 12.2. The maximum absolute atomic E-state index is 12.0. The molecule has 0 saturated carbocycles. The Balaban J connectivity index is 1.73. The van der Waals surface area contributed by atoms with Crippen LogP contribution in [0.1, 0.15) is 36.0 Å². The van der Waals surface area contributed by atoms with Crippen molar-refractivity contribution in [1.82, 2.24) is 10.2 Å². The second kappa shape index (κ2) is 7.14. The average molecular weight is 277 g/mol. The molecule has 0 unspecified atom stereocenters. The van der Waals surface area contributed by atoms with Gasteiger partial charge in [0.15, 0.2) is 0 Å². The van der Waals surface area contributed by atoms with Gasteiger partial charge in [-0.25, -0.2) is 0 Å². The van der Waals surface area contributed by atoms with Gasteiger partial charge >= 0.3 is 0 Å². The van der Waals surface area contributed by atoms with Crippen LogP contribution in [0.3, 0.4) is 0 Å². The molecule has 0 aromatic heterocycles. The van der Waals surface area contributed by atoms with Gasteiger partial charge in [0.2, 0.25) is 0 Å². The van der Waals surface area contributed by atoms with Gasteiger partial charge in [0.25, 0.3) is 5.91 Å². The molecule has 0 bridgehead atoms. The van der Waals surface area contributed by atoms with Gasteiger partial charge in [0.1, 0.15) is 5.75 Å². The molecule has 5 nitrogen and oxygen atoms in total. The maximum Gasteiger partial charge on any atom is 0.253 e. The number of rotatable bonds is 5. The number of aromatic hydroxyl groups is 1. The van der Waals surface area contributed by atoms with Crippen LogP contribution in [0, 0.1) is 0 Å². The zero-order chi connectivity index (χ0) is 14.4. The van der Waals surface area contributed by atoms with Crippen molar-refractivity contribution in [3.05, 3.63) is 23.8 Å². The van der Waals surface area contributed by atoms with Gasteiger partial charge in [-0.2, -0.15) is 0 Å². The lowest BCUT2D eigenvalue weighted by atomic mass is 10.1. The van der Waals surface area contributed by atoms with Crippen LogP contribution in [0.25, 0.3) is 0 Å². The van der Waals surface area contributed by atoms with Crippen LogP contribution in [-0.4, -0.2) is 42.1 Å². The van der Waals surface area contributed by atoms with Crippen molar-refractivity contribution in [1.29, 1.82) is 0 Å². The van der Waals surface area contributed by atoms with E-state index in [1.54, 1.807) is 0 Å². The first-order chi connectivity index (χ1) is 9.66. The van der Waals surface area contributed by atoms with E-state index in [0.717, 1.165) is 13.0 Å². The predicted octanol–water partition coefficient (Wildman–Crippen LogP) is 1.58. The fourth-order valence-corrected chi connectivity index (χ4v) is 2.52. The number of carbonyl (C=O) groups excluding carboxylic acids is 1. The third kappa shape index (κ3) is 4.13. The highest BCUT2D eigenvalue weighted by Crippen LogP contribution is 2.18. The molecule has 1 aliphatic heterocycles. The number of nitrogens with two attached hydrogens (primary N) is 1. The molecule has 1 aromatic rings. The second-order valence-corrected chi connectivity index (χ2v) is 5.28. The number of nitrogen functional groups attached to an aromatic ring is 1. The molecule has 0 aliphatic carbocycles. The first-order valence-corrected chi connectivity index (χ1v) is 7.26. The molecule has 0 atom stereocenters. The van der Waals surface area contributed by atoms with Gasteiger partial charge in [-0.1, -0.05) is 6.42 Å². The van der Waals surface area contributed by atoms with E-state index in [-0.39, 0.29) is 11.7 Å². The standard InChI is InChI=1S/C15H23N3O2/c16-14-6-5-12(19)11-13(14)15(20)17-7-4-10-18-8-2-1-3-9-18/h5-6,11,19H,1-4,7-10,16H2,(H,17,20). The number of nitrogens with one attached hydrogen (secondary N) is 1. The number of anilines is 1. The van der Waals surface area contributed by atoms with E-state index in [1.165, 1.54) is 50.6 Å². The van der Waals surface area contributed by atoms with Crippen molar-refractivity contribution in [3.8, 4) is 5.75 Å². The van der Waals surface area contributed by atoms with Crippen molar-refractivity contribution in [2.45, 2.75) is 25.7 Å². The zero-order valence-electron chi connectivity index (χ0n) is 11.8. The van der Waals surface area contributed by atoms with Crippen LogP contribution < -0.4 is 11.1 Å². The van der Waals surface area contributed by atoms with Crippen molar-refractivity contribution in [2.24, 2.45) is 0 Å². The van der Waals surface area contributed by atoms with Crippen molar-refractivity contribution in [3.63, 3.8) is 0 Å². The van der Waals surface area contributed by atoms with Gasteiger partial charge in [0.05, 0.1) is 5.56 Å². The van der Waals surface area contributed by atoms with Gasteiger partial charge in [-0.05, 0) is 57.1 Å². The Morgan fingerprint density at radius 3 is 2.80 bits per heavy atom. The lowest BCUT2D eigenvalue weighted by Crippen LogP contribution is -2.33. The number of amides is 1. The Morgan fingerprint density at radius 2 is 2.05 bits per heavy atom. The smallest absolute Gasteiger partial charge is 0.253 e. The normalized spacial score (nSPS) is 16.0. The number of nitrogens with zero attached hydrogens (tertiary/aromatic N) is 1. The van der Waals surface area contributed by atoms with Gasteiger partial charge in [-0.15, -0.1) is 0 Å². The molecule has 5 heteroatoms. The van der Waals surface area contributed by atoms with Crippen LogP contribution in [0.5, 0.6) is 5.75 Å². The Morgan fingerprint density at radius 1 is 1.30 bits per heavy atom. The summed E-state index contributed by atoms with van der Waals surface area (Å²) < 4.78 is 0. The number of hydrogen-bond donors (Lipinski definition) is 3. The van der Waals surface area contributed by atoms with Crippen molar-refractivity contribution >= 4 is 11.6 Å². The first kappa shape index (κ1) is 14.7. The molecule has 20 heavy (non-hydrogen) atoms. The third-order valence-electron chi connectivity index (χ3n) is 3.67. The number of carbonyl (C=O) groups is 1. The Kier molecular flexibility index (Phi) is 5.24. The Hall–Kier alpha value is -1.75. The highest BCUT2D eigenvalue weighted by Gasteiger charge is 2.11. The fourth-order valence-electron chi connectivity index (χ4n) is 2.52. The molecule has 1 heterocycles. The number of benzene rings is 1. The van der Waals surface area contributed by atoms with E-state index in [2.05, 4.69) is 10.2 Å². The second-order valence-electron chi connectivity index (χ2n) is 5.28. The van der Waals surface area contributed by atoms with E-state index < -0.39 is 0 Å². The molecule has 1 aliphatic rings. The number of likely N-dealkylation sites (tertiary alicyclic amines) is 1. The summed E-state index contributed by atoms with van der Waals surface area (Å²) in [5.41, 5.74) is 6.45. The molecule has 1 fully saturated rings. The number of piperidine rings is 1. The number of phenolic OH excluding ortho intramolecular Hbond substituents is 1. The minimum Gasteiger partial charge on any atom is -0.508 e. The highest BCUT2D eigenvalue weighted by molar-refractivity contribution is 5.99. The minimum atomic E-state index is -0.225. The molecule has 1 saturated heterocycles. The molecule has 0 radical (unpaired) electrons. The van der Waals surface area contributed by atoms with E-state index in [9.17, 15) is 9.90 Å². The Labute approximate surface area is 119 Å². The third-order valence-corrected chi connectivity index (χ3v) is 3.67. The van der Waals surface area contributed by atoms with E-state index in [1.807, 2.05) is 0 Å². The maximum atomic E-state index is 12.0. The molecule has 110 valence electrons. The van der Waals surface area contributed by atoms with E-state index in [0.29, 0.717) is 17.8 Å². The summed E-state index contributed by atoms with van der Waals surface area (Å²) >= 11 is 0. The quantitative estimate of drug-likeness (QED) is 0.434. The molecule has 0 spiro atoms. The summed E-state index contributed by atoms with van der Waals surface area (Å²) in [7, 11) is 0. The number of phenols is 1. The molecule has 1 amide bonds. The summed E-state index contributed by atoms with van der Waals surface area (Å²) in [6, 6.07) is 4.41. The molecular weight excluding hydrogens is 254 g/mol. The van der Waals surface area contributed by atoms with Crippen LogP contribution in [-0.2, 0) is 0 Å². The zero-order valence-corrected chi connectivity index (χ0v) is 11.8.